The number of aromatic amines is 1. The SMILES string of the molecule is Cc1cc(C)n(CC(C)NC(=O)c2sc(-c3ncn[nH]3)nc2C)n1. The summed E-state index contributed by atoms with van der Waals surface area (Å²) in [5.74, 6) is 0.433. The first kappa shape index (κ1) is 16.3. The number of rotatable bonds is 5. The van der Waals surface area contributed by atoms with Gasteiger partial charge in [-0.15, -0.1) is 11.3 Å². The number of aryl methyl sites for hydroxylation is 3. The topological polar surface area (TPSA) is 101 Å². The van der Waals surface area contributed by atoms with Crippen LogP contribution in [0.4, 0.5) is 0 Å². The molecule has 1 atom stereocenters. The van der Waals surface area contributed by atoms with Gasteiger partial charge in [0, 0.05) is 11.7 Å². The van der Waals surface area contributed by atoms with E-state index in [9.17, 15) is 4.79 Å². The van der Waals surface area contributed by atoms with Crippen LogP contribution in [-0.2, 0) is 6.54 Å². The minimum atomic E-state index is -0.134. The molecule has 2 N–H and O–H groups in total. The van der Waals surface area contributed by atoms with Crippen LogP contribution < -0.4 is 5.32 Å². The molecule has 0 aliphatic heterocycles. The second kappa shape index (κ2) is 6.52. The van der Waals surface area contributed by atoms with Crippen LogP contribution in [-0.4, -0.2) is 41.9 Å². The fourth-order valence-electron chi connectivity index (χ4n) is 2.47. The summed E-state index contributed by atoms with van der Waals surface area (Å²) in [6.45, 7) is 8.36. The number of hydrogen-bond donors (Lipinski definition) is 2. The summed E-state index contributed by atoms with van der Waals surface area (Å²) < 4.78 is 1.90. The molecule has 24 heavy (non-hydrogen) atoms. The highest BCUT2D eigenvalue weighted by Gasteiger charge is 2.19. The summed E-state index contributed by atoms with van der Waals surface area (Å²) >= 11 is 1.30. The lowest BCUT2D eigenvalue weighted by Gasteiger charge is -2.14. The molecule has 0 saturated carbocycles. The first-order valence-electron chi connectivity index (χ1n) is 7.59. The molecule has 9 heteroatoms. The molecule has 3 aromatic rings. The normalized spacial score (nSPS) is 12.3. The molecule has 0 aromatic carbocycles. The average Bonchev–Trinajstić information content (AvgIpc) is 3.20. The second-order valence-electron chi connectivity index (χ2n) is 5.75. The number of aromatic nitrogens is 6. The first-order valence-corrected chi connectivity index (χ1v) is 8.40. The maximum Gasteiger partial charge on any atom is 0.263 e. The van der Waals surface area contributed by atoms with Crippen molar-refractivity contribution in [2.75, 3.05) is 0 Å². The van der Waals surface area contributed by atoms with Gasteiger partial charge in [-0.2, -0.15) is 10.2 Å². The fraction of sp³-hybridized carbons (Fsp3) is 0.400. The lowest BCUT2D eigenvalue weighted by Crippen LogP contribution is -2.36. The van der Waals surface area contributed by atoms with E-state index in [1.54, 1.807) is 0 Å². The summed E-state index contributed by atoms with van der Waals surface area (Å²) in [6, 6.07) is 1.97. The molecular formula is C15H19N7OS. The van der Waals surface area contributed by atoms with Gasteiger partial charge >= 0.3 is 0 Å². The Hall–Kier alpha value is -2.55. The van der Waals surface area contributed by atoms with E-state index < -0.39 is 0 Å². The molecule has 0 aliphatic rings. The van der Waals surface area contributed by atoms with Gasteiger partial charge in [0.1, 0.15) is 11.2 Å². The minimum absolute atomic E-state index is 0.0503. The number of amides is 1. The molecule has 0 bridgehead atoms. The Kier molecular flexibility index (Phi) is 4.43. The zero-order valence-electron chi connectivity index (χ0n) is 14.0. The van der Waals surface area contributed by atoms with E-state index in [4.69, 9.17) is 0 Å². The molecular weight excluding hydrogens is 326 g/mol. The van der Waals surface area contributed by atoms with Gasteiger partial charge in [-0.05, 0) is 33.8 Å². The van der Waals surface area contributed by atoms with Crippen LogP contribution in [0.5, 0.6) is 0 Å². The highest BCUT2D eigenvalue weighted by molar-refractivity contribution is 7.17. The van der Waals surface area contributed by atoms with Crippen molar-refractivity contribution in [2.45, 2.75) is 40.3 Å². The Bertz CT molecular complexity index is 849. The Morgan fingerprint density at radius 3 is 2.83 bits per heavy atom. The van der Waals surface area contributed by atoms with Crippen LogP contribution in [0.3, 0.4) is 0 Å². The predicted molar refractivity (Wildman–Crippen MR) is 90.9 cm³/mol. The lowest BCUT2D eigenvalue weighted by molar-refractivity contribution is 0.0939. The smallest absolute Gasteiger partial charge is 0.263 e. The minimum Gasteiger partial charge on any atom is -0.347 e. The fourth-order valence-corrected chi connectivity index (χ4v) is 3.39. The zero-order valence-corrected chi connectivity index (χ0v) is 14.8. The van der Waals surface area contributed by atoms with E-state index in [1.165, 1.54) is 17.7 Å². The van der Waals surface area contributed by atoms with Gasteiger partial charge in [0.15, 0.2) is 10.8 Å². The van der Waals surface area contributed by atoms with E-state index >= 15 is 0 Å². The Balaban J connectivity index is 1.69. The van der Waals surface area contributed by atoms with E-state index in [-0.39, 0.29) is 11.9 Å². The number of H-pyrrole nitrogens is 1. The molecule has 3 rings (SSSR count). The van der Waals surface area contributed by atoms with Crippen molar-refractivity contribution >= 4 is 17.2 Å². The largest absolute Gasteiger partial charge is 0.347 e. The van der Waals surface area contributed by atoms with Crippen LogP contribution in [0.2, 0.25) is 0 Å². The quantitative estimate of drug-likeness (QED) is 0.735. The molecule has 8 nitrogen and oxygen atoms in total. The van der Waals surface area contributed by atoms with E-state index in [2.05, 4.69) is 30.6 Å². The molecule has 0 aliphatic carbocycles. The Labute approximate surface area is 143 Å². The van der Waals surface area contributed by atoms with Gasteiger partial charge in [0.2, 0.25) is 0 Å². The van der Waals surface area contributed by atoms with E-state index in [0.717, 1.165) is 11.4 Å². The van der Waals surface area contributed by atoms with Gasteiger partial charge in [0.25, 0.3) is 5.91 Å². The Morgan fingerprint density at radius 2 is 2.21 bits per heavy atom. The number of carbonyl (C=O) groups excluding carboxylic acids is 1. The average molecular weight is 345 g/mol. The van der Waals surface area contributed by atoms with Crippen molar-refractivity contribution in [1.82, 2.24) is 35.3 Å². The standard InChI is InChI=1S/C15H19N7OS/c1-8-5-10(3)22(21-8)6-9(2)18-14(23)12-11(4)19-15(24-12)13-16-7-17-20-13/h5,7,9H,6H2,1-4H3,(H,18,23)(H,16,17,20). The molecule has 0 fully saturated rings. The number of nitrogens with one attached hydrogen (secondary N) is 2. The molecule has 126 valence electrons. The number of hydrogen-bond acceptors (Lipinski definition) is 6. The summed E-state index contributed by atoms with van der Waals surface area (Å²) in [5.41, 5.74) is 2.73. The van der Waals surface area contributed by atoms with Crippen LogP contribution in [0.25, 0.3) is 10.8 Å². The van der Waals surface area contributed by atoms with E-state index in [0.29, 0.717) is 27.9 Å². The molecule has 3 aromatic heterocycles. The number of nitrogens with zero attached hydrogens (tertiary/aromatic N) is 5. The summed E-state index contributed by atoms with van der Waals surface area (Å²) in [5, 5.41) is 14.6. The molecule has 0 spiro atoms. The van der Waals surface area contributed by atoms with Crippen molar-refractivity contribution < 1.29 is 4.79 Å². The molecule has 0 radical (unpaired) electrons. The van der Waals surface area contributed by atoms with E-state index in [1.807, 2.05) is 38.4 Å². The zero-order chi connectivity index (χ0) is 17.3. The van der Waals surface area contributed by atoms with Crippen molar-refractivity contribution in [1.29, 1.82) is 0 Å². The van der Waals surface area contributed by atoms with Crippen LogP contribution in [0.15, 0.2) is 12.4 Å². The molecule has 1 unspecified atom stereocenters. The highest BCUT2D eigenvalue weighted by atomic mass is 32.1. The van der Waals surface area contributed by atoms with Gasteiger partial charge < -0.3 is 5.32 Å². The van der Waals surface area contributed by atoms with Crippen molar-refractivity contribution in [3.8, 4) is 10.8 Å². The lowest BCUT2D eigenvalue weighted by atomic mass is 10.3. The molecule has 0 saturated heterocycles. The van der Waals surface area contributed by atoms with Gasteiger partial charge in [-0.25, -0.2) is 9.97 Å². The summed E-state index contributed by atoms with van der Waals surface area (Å²) in [4.78, 5) is 21.6. The van der Waals surface area contributed by atoms with Gasteiger partial charge in [-0.3, -0.25) is 14.6 Å². The third-order valence-corrected chi connectivity index (χ3v) is 4.71. The molecule has 1 amide bonds. The maximum atomic E-state index is 12.5. The summed E-state index contributed by atoms with van der Waals surface area (Å²) in [6.07, 6.45) is 1.42. The molecule has 3 heterocycles. The highest BCUT2D eigenvalue weighted by Crippen LogP contribution is 2.25. The number of thiazole rings is 1. The second-order valence-corrected chi connectivity index (χ2v) is 6.75. The number of carbonyl (C=O) groups is 1. The predicted octanol–water partition coefficient (Wildman–Crippen LogP) is 1.87. The van der Waals surface area contributed by atoms with Crippen LogP contribution >= 0.6 is 11.3 Å². The maximum absolute atomic E-state index is 12.5. The summed E-state index contributed by atoms with van der Waals surface area (Å²) in [7, 11) is 0. The monoisotopic (exact) mass is 345 g/mol. The van der Waals surface area contributed by atoms with Crippen molar-refractivity contribution in [3.63, 3.8) is 0 Å². The van der Waals surface area contributed by atoms with Crippen LogP contribution in [0, 0.1) is 20.8 Å². The van der Waals surface area contributed by atoms with Gasteiger partial charge in [-0.1, -0.05) is 0 Å². The van der Waals surface area contributed by atoms with Crippen LogP contribution in [0.1, 0.15) is 33.7 Å². The Morgan fingerprint density at radius 1 is 1.42 bits per heavy atom. The third kappa shape index (κ3) is 3.35. The third-order valence-electron chi connectivity index (χ3n) is 3.55. The van der Waals surface area contributed by atoms with Crippen molar-refractivity contribution in [3.05, 3.63) is 34.4 Å². The first-order chi connectivity index (χ1) is 11.4. The van der Waals surface area contributed by atoms with Gasteiger partial charge in [0.05, 0.1) is 17.9 Å². The van der Waals surface area contributed by atoms with Crippen molar-refractivity contribution in [2.24, 2.45) is 0 Å².